The molecule has 3 aromatic rings. The summed E-state index contributed by atoms with van der Waals surface area (Å²) in [5.41, 5.74) is 2.27. The van der Waals surface area contributed by atoms with Crippen LogP contribution in [0.5, 0.6) is 0 Å². The topological polar surface area (TPSA) is 35.5 Å². The van der Waals surface area contributed by atoms with Gasteiger partial charge in [-0.05, 0) is 22.8 Å². The van der Waals surface area contributed by atoms with E-state index in [9.17, 15) is 4.79 Å². The van der Waals surface area contributed by atoms with Crippen LogP contribution in [0, 0.1) is 0 Å². The third-order valence-corrected chi connectivity index (χ3v) is 4.72. The number of hydrogen-bond acceptors (Lipinski definition) is 3. The molecule has 3 aromatic carbocycles. The van der Waals surface area contributed by atoms with Crippen molar-refractivity contribution < 1.29 is 14.3 Å². The maximum absolute atomic E-state index is 11.4. The quantitative estimate of drug-likeness (QED) is 0.483. The lowest BCUT2D eigenvalue weighted by Crippen LogP contribution is -2.35. The predicted molar refractivity (Wildman–Crippen MR) is 104 cm³/mol. The molecule has 0 fully saturated rings. The summed E-state index contributed by atoms with van der Waals surface area (Å²) in [5.74, 6) is -0.326. The summed E-state index contributed by atoms with van der Waals surface area (Å²) in [6, 6.07) is 30.4. The average molecular weight is 356 g/mol. The number of benzene rings is 3. The Hall–Kier alpha value is -3.17. The van der Waals surface area contributed by atoms with E-state index in [2.05, 4.69) is 36.4 Å². The van der Waals surface area contributed by atoms with E-state index in [-0.39, 0.29) is 18.7 Å². The maximum Gasteiger partial charge on any atom is 0.331 e. The number of cyclic esters (lactones) is 1. The molecular formula is C24H20O3. The predicted octanol–water partition coefficient (Wildman–Crippen LogP) is 4.48. The molecule has 0 aromatic heterocycles. The van der Waals surface area contributed by atoms with Crippen LogP contribution >= 0.6 is 0 Å². The fraction of sp³-hybridized carbons (Fsp3) is 0.125. The maximum atomic E-state index is 11.4. The van der Waals surface area contributed by atoms with Crippen LogP contribution in [-0.2, 0) is 19.9 Å². The van der Waals surface area contributed by atoms with Crippen LogP contribution in [0.1, 0.15) is 16.7 Å². The highest BCUT2D eigenvalue weighted by atomic mass is 16.6. The van der Waals surface area contributed by atoms with Crippen LogP contribution in [0.25, 0.3) is 0 Å². The Morgan fingerprint density at radius 2 is 1.19 bits per heavy atom. The van der Waals surface area contributed by atoms with Gasteiger partial charge in [0.05, 0.1) is 6.61 Å². The Bertz CT molecular complexity index is 821. The third-order valence-electron chi connectivity index (χ3n) is 4.72. The van der Waals surface area contributed by atoms with E-state index in [0.717, 1.165) is 16.7 Å². The van der Waals surface area contributed by atoms with Gasteiger partial charge in [0.25, 0.3) is 0 Å². The molecule has 0 saturated carbocycles. The van der Waals surface area contributed by atoms with Gasteiger partial charge < -0.3 is 9.47 Å². The molecule has 0 amide bonds. The summed E-state index contributed by atoms with van der Waals surface area (Å²) >= 11 is 0. The zero-order chi connectivity index (χ0) is 18.5. The molecule has 0 bridgehead atoms. The summed E-state index contributed by atoms with van der Waals surface area (Å²) in [4.78, 5) is 11.4. The molecule has 1 unspecified atom stereocenters. The zero-order valence-corrected chi connectivity index (χ0v) is 14.8. The molecule has 4 rings (SSSR count). The molecule has 0 saturated heterocycles. The van der Waals surface area contributed by atoms with Crippen molar-refractivity contribution in [1.29, 1.82) is 0 Å². The first-order valence-corrected chi connectivity index (χ1v) is 8.98. The molecule has 0 aliphatic carbocycles. The largest absolute Gasteiger partial charge is 0.452 e. The van der Waals surface area contributed by atoms with Gasteiger partial charge >= 0.3 is 5.97 Å². The monoisotopic (exact) mass is 356 g/mol. The summed E-state index contributed by atoms with van der Waals surface area (Å²) in [5, 5.41) is 0. The highest BCUT2D eigenvalue weighted by Crippen LogP contribution is 2.40. The van der Waals surface area contributed by atoms with Crippen molar-refractivity contribution in [2.45, 2.75) is 11.7 Å². The number of hydrogen-bond donors (Lipinski definition) is 0. The molecule has 0 N–H and O–H groups in total. The Morgan fingerprint density at radius 1 is 0.741 bits per heavy atom. The number of carbonyl (C=O) groups excluding carboxylic acids is 1. The minimum Gasteiger partial charge on any atom is -0.452 e. The smallest absolute Gasteiger partial charge is 0.331 e. The second-order valence-corrected chi connectivity index (χ2v) is 6.42. The molecule has 0 radical (unpaired) electrons. The fourth-order valence-corrected chi connectivity index (χ4v) is 3.48. The molecule has 0 spiro atoms. The van der Waals surface area contributed by atoms with E-state index in [1.54, 1.807) is 6.08 Å². The lowest BCUT2D eigenvalue weighted by atomic mass is 9.80. The number of carbonyl (C=O) groups is 1. The second kappa shape index (κ2) is 7.60. The van der Waals surface area contributed by atoms with E-state index in [1.165, 1.54) is 6.08 Å². The molecule has 1 heterocycles. The van der Waals surface area contributed by atoms with Gasteiger partial charge in [-0.3, -0.25) is 0 Å². The van der Waals surface area contributed by atoms with Crippen LogP contribution in [0.15, 0.2) is 103 Å². The zero-order valence-electron chi connectivity index (χ0n) is 14.8. The SMILES string of the molecule is O=C1C=CC(COC(c2ccccc2)(c2ccccc2)c2ccccc2)O1. The van der Waals surface area contributed by atoms with Crippen LogP contribution in [0.4, 0.5) is 0 Å². The number of esters is 1. The highest BCUT2D eigenvalue weighted by molar-refractivity contribution is 5.84. The molecule has 1 aliphatic heterocycles. The minimum absolute atomic E-state index is 0.265. The molecule has 3 heteroatoms. The van der Waals surface area contributed by atoms with Gasteiger partial charge in [-0.15, -0.1) is 0 Å². The lowest BCUT2D eigenvalue weighted by Gasteiger charge is -2.36. The van der Waals surface area contributed by atoms with E-state index >= 15 is 0 Å². The van der Waals surface area contributed by atoms with Gasteiger partial charge in [0.15, 0.2) is 0 Å². The molecule has 1 aliphatic rings. The number of ether oxygens (including phenoxy) is 2. The molecule has 134 valence electrons. The Kier molecular flexibility index (Phi) is 4.86. The Morgan fingerprint density at radius 3 is 1.56 bits per heavy atom. The number of rotatable bonds is 6. The standard InChI is InChI=1S/C24H20O3/c25-23-17-16-22(27-23)18-26-24(19-10-4-1-5-11-19,20-12-6-2-7-13-20)21-14-8-3-9-15-21/h1-17,22H,18H2. The normalized spacial score (nSPS) is 16.3. The first-order valence-electron chi connectivity index (χ1n) is 8.98. The fourth-order valence-electron chi connectivity index (χ4n) is 3.48. The Balaban J connectivity index is 1.84. The minimum atomic E-state index is -0.799. The van der Waals surface area contributed by atoms with Crippen LogP contribution in [-0.4, -0.2) is 18.7 Å². The van der Waals surface area contributed by atoms with E-state index < -0.39 is 5.60 Å². The van der Waals surface area contributed by atoms with Crippen LogP contribution in [0.2, 0.25) is 0 Å². The molecule has 3 nitrogen and oxygen atoms in total. The third kappa shape index (κ3) is 3.42. The molecule has 27 heavy (non-hydrogen) atoms. The van der Waals surface area contributed by atoms with Gasteiger partial charge in [-0.1, -0.05) is 91.0 Å². The molecule has 1 atom stereocenters. The Labute approximate surface area is 158 Å². The summed E-state index contributed by atoms with van der Waals surface area (Å²) < 4.78 is 11.9. The van der Waals surface area contributed by atoms with Gasteiger partial charge in [0.2, 0.25) is 0 Å². The van der Waals surface area contributed by atoms with E-state index in [0.29, 0.717) is 0 Å². The lowest BCUT2D eigenvalue weighted by molar-refractivity contribution is -0.142. The van der Waals surface area contributed by atoms with Gasteiger partial charge in [0.1, 0.15) is 11.7 Å². The van der Waals surface area contributed by atoms with Gasteiger partial charge in [0, 0.05) is 6.08 Å². The second-order valence-electron chi connectivity index (χ2n) is 6.42. The van der Waals surface area contributed by atoms with E-state index in [1.807, 2.05) is 54.6 Å². The van der Waals surface area contributed by atoms with Crippen molar-refractivity contribution in [3.8, 4) is 0 Å². The first-order chi connectivity index (χ1) is 13.3. The van der Waals surface area contributed by atoms with Crippen molar-refractivity contribution in [3.05, 3.63) is 120 Å². The average Bonchev–Trinajstić information content (AvgIpc) is 3.16. The summed E-state index contributed by atoms with van der Waals surface area (Å²) in [6.07, 6.45) is 2.81. The van der Waals surface area contributed by atoms with Gasteiger partial charge in [-0.25, -0.2) is 4.79 Å². The van der Waals surface area contributed by atoms with Crippen LogP contribution < -0.4 is 0 Å². The van der Waals surface area contributed by atoms with Crippen molar-refractivity contribution in [1.82, 2.24) is 0 Å². The molecular weight excluding hydrogens is 336 g/mol. The van der Waals surface area contributed by atoms with Crippen LogP contribution in [0.3, 0.4) is 0 Å². The van der Waals surface area contributed by atoms with Crippen molar-refractivity contribution in [3.63, 3.8) is 0 Å². The summed E-state index contributed by atoms with van der Waals surface area (Å²) in [7, 11) is 0. The first kappa shape index (κ1) is 17.3. The van der Waals surface area contributed by atoms with E-state index in [4.69, 9.17) is 9.47 Å². The van der Waals surface area contributed by atoms with Crippen molar-refractivity contribution >= 4 is 5.97 Å². The van der Waals surface area contributed by atoms with Crippen molar-refractivity contribution in [2.75, 3.05) is 6.61 Å². The van der Waals surface area contributed by atoms with Gasteiger partial charge in [-0.2, -0.15) is 0 Å². The highest BCUT2D eigenvalue weighted by Gasteiger charge is 2.38. The van der Waals surface area contributed by atoms with Crippen molar-refractivity contribution in [2.24, 2.45) is 0 Å². The summed E-state index contributed by atoms with van der Waals surface area (Å²) in [6.45, 7) is 0.265.